The Morgan fingerprint density at radius 1 is 1.56 bits per heavy atom. The van der Waals surface area contributed by atoms with Crippen molar-refractivity contribution >= 4 is 12.0 Å². The molecule has 0 aromatic rings. The molecule has 1 unspecified atom stereocenters. The average Bonchev–Trinajstić information content (AvgIpc) is 2.65. The number of hydrogen-bond acceptors (Lipinski definition) is 2. The first-order chi connectivity index (χ1) is 7.56. The number of nitrogens with one attached hydrogen (secondary N) is 1. The fraction of sp³-hybridized carbons (Fsp3) is 0.818. The minimum absolute atomic E-state index is 0.104. The third-order valence-corrected chi connectivity index (χ3v) is 2.89. The van der Waals surface area contributed by atoms with Crippen molar-refractivity contribution in [3.05, 3.63) is 0 Å². The Balaban J connectivity index is 2.49. The summed E-state index contributed by atoms with van der Waals surface area (Å²) in [7, 11) is 0. The van der Waals surface area contributed by atoms with Gasteiger partial charge in [-0.2, -0.15) is 0 Å². The van der Waals surface area contributed by atoms with Crippen LogP contribution in [0.4, 0.5) is 4.79 Å². The second-order valence-electron chi connectivity index (χ2n) is 4.33. The van der Waals surface area contributed by atoms with Gasteiger partial charge in [-0.1, -0.05) is 13.3 Å². The number of hydrogen-bond donors (Lipinski definition) is 2. The molecule has 1 aliphatic rings. The quantitative estimate of drug-likeness (QED) is 0.764. The predicted octanol–water partition coefficient (Wildman–Crippen LogP) is 1.43. The Morgan fingerprint density at radius 2 is 2.25 bits per heavy atom. The van der Waals surface area contributed by atoms with Gasteiger partial charge in [-0.3, -0.25) is 0 Å². The summed E-state index contributed by atoms with van der Waals surface area (Å²) in [6.45, 7) is 4.54. The van der Waals surface area contributed by atoms with E-state index < -0.39 is 12.0 Å². The topological polar surface area (TPSA) is 69.6 Å². The summed E-state index contributed by atoms with van der Waals surface area (Å²) in [5.74, 6) is -0.907. The van der Waals surface area contributed by atoms with E-state index in [0.717, 1.165) is 19.3 Å². The Hall–Kier alpha value is -1.26. The summed E-state index contributed by atoms with van der Waals surface area (Å²) >= 11 is 0. The van der Waals surface area contributed by atoms with Crippen LogP contribution in [0.15, 0.2) is 0 Å². The van der Waals surface area contributed by atoms with Gasteiger partial charge in [0, 0.05) is 12.6 Å². The fourth-order valence-electron chi connectivity index (χ4n) is 2.07. The van der Waals surface area contributed by atoms with E-state index in [2.05, 4.69) is 12.2 Å². The summed E-state index contributed by atoms with van der Waals surface area (Å²) in [6.07, 6.45) is 3.25. The van der Waals surface area contributed by atoms with E-state index in [9.17, 15) is 9.59 Å². The monoisotopic (exact) mass is 228 g/mol. The maximum absolute atomic E-state index is 11.8. The van der Waals surface area contributed by atoms with Crippen LogP contribution >= 0.6 is 0 Å². The molecular formula is C11H20N2O3. The van der Waals surface area contributed by atoms with Gasteiger partial charge in [-0.25, -0.2) is 9.59 Å². The molecule has 1 aliphatic heterocycles. The molecule has 1 saturated heterocycles. The molecule has 0 spiro atoms. The van der Waals surface area contributed by atoms with Gasteiger partial charge in [0.25, 0.3) is 0 Å². The fourth-order valence-corrected chi connectivity index (χ4v) is 2.07. The SMILES string of the molecule is CCCC(C)NC(=O)N1CCC[C@@H]1C(=O)O. The largest absolute Gasteiger partial charge is 0.480 e. The third-order valence-electron chi connectivity index (χ3n) is 2.89. The van der Waals surface area contributed by atoms with Crippen LogP contribution in [0, 0.1) is 0 Å². The Bertz CT molecular complexity index is 268. The van der Waals surface area contributed by atoms with Crippen LogP contribution < -0.4 is 5.32 Å². The number of likely N-dealkylation sites (tertiary alicyclic amines) is 1. The van der Waals surface area contributed by atoms with Crippen molar-refractivity contribution in [3.8, 4) is 0 Å². The van der Waals surface area contributed by atoms with Crippen LogP contribution in [0.1, 0.15) is 39.5 Å². The molecule has 5 heteroatoms. The zero-order valence-corrected chi connectivity index (χ0v) is 9.90. The van der Waals surface area contributed by atoms with Gasteiger partial charge in [0.1, 0.15) is 6.04 Å². The van der Waals surface area contributed by atoms with Crippen molar-refractivity contribution in [1.82, 2.24) is 10.2 Å². The normalized spacial score (nSPS) is 21.9. The van der Waals surface area contributed by atoms with Crippen LogP contribution in [-0.4, -0.2) is 40.6 Å². The van der Waals surface area contributed by atoms with Gasteiger partial charge >= 0.3 is 12.0 Å². The second-order valence-corrected chi connectivity index (χ2v) is 4.33. The zero-order chi connectivity index (χ0) is 12.1. The smallest absolute Gasteiger partial charge is 0.326 e. The van der Waals surface area contributed by atoms with Crippen LogP contribution in [0.5, 0.6) is 0 Å². The van der Waals surface area contributed by atoms with E-state index >= 15 is 0 Å². The number of carbonyl (C=O) groups is 2. The van der Waals surface area contributed by atoms with Gasteiger partial charge in [-0.05, 0) is 26.2 Å². The number of amides is 2. The Kier molecular flexibility index (Phi) is 4.58. The molecule has 0 radical (unpaired) electrons. The molecule has 16 heavy (non-hydrogen) atoms. The van der Waals surface area contributed by atoms with E-state index in [1.165, 1.54) is 4.90 Å². The minimum atomic E-state index is -0.907. The molecular weight excluding hydrogens is 208 g/mol. The maximum atomic E-state index is 11.8. The molecule has 2 atom stereocenters. The number of carboxylic acid groups (broad SMARTS) is 1. The van der Waals surface area contributed by atoms with Crippen molar-refractivity contribution in [3.63, 3.8) is 0 Å². The standard InChI is InChI=1S/C11H20N2O3/c1-3-5-8(2)12-11(16)13-7-4-6-9(13)10(14)15/h8-9H,3-7H2,1-2H3,(H,12,16)(H,14,15)/t8?,9-/m1/s1. The second kappa shape index (κ2) is 5.72. The maximum Gasteiger partial charge on any atom is 0.326 e. The van der Waals surface area contributed by atoms with E-state index in [4.69, 9.17) is 5.11 Å². The first-order valence-corrected chi connectivity index (χ1v) is 5.86. The molecule has 0 bridgehead atoms. The van der Waals surface area contributed by atoms with Crippen molar-refractivity contribution in [2.24, 2.45) is 0 Å². The first-order valence-electron chi connectivity index (χ1n) is 5.86. The Morgan fingerprint density at radius 3 is 2.81 bits per heavy atom. The molecule has 0 aromatic heterocycles. The van der Waals surface area contributed by atoms with Gasteiger partial charge < -0.3 is 15.3 Å². The lowest BCUT2D eigenvalue weighted by Gasteiger charge is -2.24. The molecule has 1 fully saturated rings. The predicted molar refractivity (Wildman–Crippen MR) is 60.3 cm³/mol. The summed E-state index contributed by atoms with van der Waals surface area (Å²) in [4.78, 5) is 24.1. The third kappa shape index (κ3) is 3.12. The number of rotatable bonds is 4. The summed E-state index contributed by atoms with van der Waals surface area (Å²) in [6, 6.07) is -0.785. The highest BCUT2D eigenvalue weighted by atomic mass is 16.4. The molecule has 2 N–H and O–H groups in total. The molecule has 0 aromatic carbocycles. The zero-order valence-electron chi connectivity index (χ0n) is 9.90. The Labute approximate surface area is 95.8 Å². The highest BCUT2D eigenvalue weighted by molar-refractivity contribution is 5.83. The molecule has 5 nitrogen and oxygen atoms in total. The lowest BCUT2D eigenvalue weighted by atomic mass is 10.2. The molecule has 92 valence electrons. The molecule has 2 amide bonds. The number of carboxylic acids is 1. The van der Waals surface area contributed by atoms with E-state index in [0.29, 0.717) is 13.0 Å². The lowest BCUT2D eigenvalue weighted by Crippen LogP contribution is -2.48. The highest BCUT2D eigenvalue weighted by Gasteiger charge is 2.34. The first kappa shape index (κ1) is 12.8. The van der Waals surface area contributed by atoms with Gasteiger partial charge in [-0.15, -0.1) is 0 Å². The van der Waals surface area contributed by atoms with Crippen molar-refractivity contribution < 1.29 is 14.7 Å². The van der Waals surface area contributed by atoms with Gasteiger partial charge in [0.2, 0.25) is 0 Å². The van der Waals surface area contributed by atoms with Crippen LogP contribution in [0.3, 0.4) is 0 Å². The number of carbonyl (C=O) groups excluding carboxylic acids is 1. The van der Waals surface area contributed by atoms with Crippen LogP contribution in [0.2, 0.25) is 0 Å². The van der Waals surface area contributed by atoms with Gasteiger partial charge in [0.05, 0.1) is 0 Å². The molecule has 0 aliphatic carbocycles. The van der Waals surface area contributed by atoms with Crippen LogP contribution in [-0.2, 0) is 4.79 Å². The van der Waals surface area contributed by atoms with Crippen molar-refractivity contribution in [1.29, 1.82) is 0 Å². The van der Waals surface area contributed by atoms with Crippen LogP contribution in [0.25, 0.3) is 0 Å². The molecule has 1 heterocycles. The van der Waals surface area contributed by atoms with Crippen molar-refractivity contribution in [2.75, 3.05) is 6.54 Å². The number of nitrogens with zero attached hydrogens (tertiary/aromatic N) is 1. The summed E-state index contributed by atoms with van der Waals surface area (Å²) in [5.41, 5.74) is 0. The lowest BCUT2D eigenvalue weighted by molar-refractivity contribution is -0.141. The minimum Gasteiger partial charge on any atom is -0.480 e. The van der Waals surface area contributed by atoms with Crippen molar-refractivity contribution in [2.45, 2.75) is 51.6 Å². The summed E-state index contributed by atoms with van der Waals surface area (Å²) < 4.78 is 0. The molecule has 0 saturated carbocycles. The highest BCUT2D eigenvalue weighted by Crippen LogP contribution is 2.17. The van der Waals surface area contributed by atoms with E-state index in [1.54, 1.807) is 0 Å². The van der Waals surface area contributed by atoms with Gasteiger partial charge in [0.15, 0.2) is 0 Å². The summed E-state index contributed by atoms with van der Waals surface area (Å²) in [5, 5.41) is 11.8. The number of aliphatic carboxylic acids is 1. The average molecular weight is 228 g/mol. The van der Waals surface area contributed by atoms with E-state index in [-0.39, 0.29) is 12.1 Å². The van der Waals surface area contributed by atoms with E-state index in [1.807, 2.05) is 6.92 Å². The molecule has 1 rings (SSSR count). The number of urea groups is 1.